The second-order valence-corrected chi connectivity index (χ2v) is 5.63. The number of benzene rings is 1. The van der Waals surface area contributed by atoms with Crippen molar-refractivity contribution in [3.8, 4) is 0 Å². The van der Waals surface area contributed by atoms with E-state index < -0.39 is 0 Å². The molecule has 1 aromatic carbocycles. The Kier molecular flexibility index (Phi) is 5.34. The first-order valence-electron chi connectivity index (χ1n) is 6.10. The summed E-state index contributed by atoms with van der Waals surface area (Å²) in [6.07, 6.45) is 2.67. The van der Waals surface area contributed by atoms with Crippen LogP contribution in [-0.4, -0.2) is 24.6 Å². The second-order valence-electron chi connectivity index (χ2n) is 4.07. The van der Waals surface area contributed by atoms with E-state index in [0.29, 0.717) is 15.8 Å². The standard InChI is InChI=1S/C13H15ClN4OS/c1-15-6-5-11-8-16-13(20-11)18-12(19)17-10-4-2-3-9(14)7-10/h2-4,7-8,15H,5-6H2,1H3,(H2,16,17,18,19). The van der Waals surface area contributed by atoms with E-state index in [9.17, 15) is 4.79 Å². The molecule has 0 aliphatic heterocycles. The first-order valence-corrected chi connectivity index (χ1v) is 7.29. The number of likely N-dealkylation sites (N-methyl/N-ethyl adjacent to an activating group) is 1. The van der Waals surface area contributed by atoms with Crippen molar-refractivity contribution in [2.75, 3.05) is 24.2 Å². The molecule has 0 radical (unpaired) electrons. The van der Waals surface area contributed by atoms with Gasteiger partial charge in [0.2, 0.25) is 0 Å². The average Bonchev–Trinajstić information content (AvgIpc) is 2.83. The number of anilines is 2. The lowest BCUT2D eigenvalue weighted by Gasteiger charge is -2.05. The maximum atomic E-state index is 11.8. The second kappa shape index (κ2) is 7.23. The van der Waals surface area contributed by atoms with E-state index in [1.165, 1.54) is 11.3 Å². The Morgan fingerprint density at radius 1 is 1.40 bits per heavy atom. The molecule has 2 rings (SSSR count). The number of thiazole rings is 1. The fourth-order valence-electron chi connectivity index (χ4n) is 1.55. The first-order chi connectivity index (χ1) is 9.67. The van der Waals surface area contributed by atoms with E-state index in [0.717, 1.165) is 17.8 Å². The number of halogens is 1. The van der Waals surface area contributed by atoms with Crippen molar-refractivity contribution in [3.63, 3.8) is 0 Å². The minimum Gasteiger partial charge on any atom is -0.319 e. The van der Waals surface area contributed by atoms with Gasteiger partial charge in [-0.25, -0.2) is 9.78 Å². The number of nitrogens with zero attached hydrogens (tertiary/aromatic N) is 1. The van der Waals surface area contributed by atoms with Crippen LogP contribution in [0.3, 0.4) is 0 Å². The molecule has 2 aromatic rings. The van der Waals surface area contributed by atoms with Crippen LogP contribution in [0.1, 0.15) is 4.88 Å². The van der Waals surface area contributed by atoms with Gasteiger partial charge in [-0.3, -0.25) is 5.32 Å². The van der Waals surface area contributed by atoms with Gasteiger partial charge in [-0.15, -0.1) is 11.3 Å². The summed E-state index contributed by atoms with van der Waals surface area (Å²) < 4.78 is 0. The SMILES string of the molecule is CNCCc1cnc(NC(=O)Nc2cccc(Cl)c2)s1. The number of rotatable bonds is 5. The van der Waals surface area contributed by atoms with Gasteiger partial charge < -0.3 is 10.6 Å². The Hall–Kier alpha value is -1.63. The summed E-state index contributed by atoms with van der Waals surface area (Å²) in [6, 6.07) is 6.64. The van der Waals surface area contributed by atoms with Crippen LogP contribution in [0.5, 0.6) is 0 Å². The lowest BCUT2D eigenvalue weighted by atomic mass is 10.3. The molecule has 7 heteroatoms. The van der Waals surface area contributed by atoms with Gasteiger partial charge in [0.1, 0.15) is 0 Å². The van der Waals surface area contributed by atoms with Crippen LogP contribution in [0, 0.1) is 0 Å². The Bertz CT molecular complexity index is 587. The van der Waals surface area contributed by atoms with Crippen LogP contribution >= 0.6 is 22.9 Å². The normalized spacial score (nSPS) is 10.3. The molecule has 0 unspecified atom stereocenters. The van der Waals surface area contributed by atoms with E-state index in [4.69, 9.17) is 11.6 Å². The molecule has 5 nitrogen and oxygen atoms in total. The highest BCUT2D eigenvalue weighted by Gasteiger charge is 2.07. The van der Waals surface area contributed by atoms with Gasteiger partial charge in [-0.05, 0) is 38.2 Å². The van der Waals surface area contributed by atoms with Crippen LogP contribution in [0.2, 0.25) is 5.02 Å². The predicted octanol–water partition coefficient (Wildman–Crippen LogP) is 3.20. The maximum Gasteiger partial charge on any atom is 0.325 e. The minimum absolute atomic E-state index is 0.332. The molecular weight excluding hydrogens is 296 g/mol. The molecule has 0 fully saturated rings. The zero-order chi connectivity index (χ0) is 14.4. The molecular formula is C13H15ClN4OS. The summed E-state index contributed by atoms with van der Waals surface area (Å²) in [5.41, 5.74) is 0.641. The molecule has 3 N–H and O–H groups in total. The number of carbonyl (C=O) groups is 1. The molecule has 0 saturated heterocycles. The van der Waals surface area contributed by atoms with Crippen molar-refractivity contribution >= 4 is 39.8 Å². The topological polar surface area (TPSA) is 66.0 Å². The molecule has 0 aliphatic rings. The Balaban J connectivity index is 1.89. The van der Waals surface area contributed by atoms with Gasteiger partial charge in [-0.1, -0.05) is 17.7 Å². The molecule has 106 valence electrons. The fraction of sp³-hybridized carbons (Fsp3) is 0.231. The van der Waals surface area contributed by atoms with Gasteiger partial charge in [0, 0.05) is 21.8 Å². The summed E-state index contributed by atoms with van der Waals surface area (Å²) in [7, 11) is 1.90. The molecule has 0 spiro atoms. The molecule has 0 aliphatic carbocycles. The van der Waals surface area contributed by atoms with Crippen molar-refractivity contribution in [2.45, 2.75) is 6.42 Å². The smallest absolute Gasteiger partial charge is 0.319 e. The molecule has 0 saturated carbocycles. The maximum absolute atomic E-state index is 11.8. The Morgan fingerprint density at radius 2 is 2.25 bits per heavy atom. The van der Waals surface area contributed by atoms with Gasteiger partial charge >= 0.3 is 6.03 Å². The lowest BCUT2D eigenvalue weighted by Crippen LogP contribution is -2.19. The highest BCUT2D eigenvalue weighted by Crippen LogP contribution is 2.19. The monoisotopic (exact) mass is 310 g/mol. The fourth-order valence-corrected chi connectivity index (χ4v) is 2.55. The van der Waals surface area contributed by atoms with Gasteiger partial charge in [-0.2, -0.15) is 0 Å². The summed E-state index contributed by atoms with van der Waals surface area (Å²) in [5, 5.41) is 9.63. The highest BCUT2D eigenvalue weighted by molar-refractivity contribution is 7.15. The molecule has 20 heavy (non-hydrogen) atoms. The lowest BCUT2D eigenvalue weighted by molar-refractivity contribution is 0.262. The number of urea groups is 1. The number of nitrogens with one attached hydrogen (secondary N) is 3. The van der Waals surface area contributed by atoms with Crippen LogP contribution in [-0.2, 0) is 6.42 Å². The third kappa shape index (κ3) is 4.48. The molecule has 1 aromatic heterocycles. The van der Waals surface area contributed by atoms with Gasteiger partial charge in [0.15, 0.2) is 5.13 Å². The molecule has 2 amide bonds. The van der Waals surface area contributed by atoms with E-state index in [2.05, 4.69) is 20.9 Å². The largest absolute Gasteiger partial charge is 0.325 e. The van der Waals surface area contributed by atoms with Crippen molar-refractivity contribution in [2.24, 2.45) is 0 Å². The summed E-state index contributed by atoms with van der Waals surface area (Å²) >= 11 is 7.32. The number of hydrogen-bond donors (Lipinski definition) is 3. The van der Waals surface area contributed by atoms with Crippen molar-refractivity contribution in [3.05, 3.63) is 40.4 Å². The van der Waals surface area contributed by atoms with Crippen molar-refractivity contribution in [1.29, 1.82) is 0 Å². The minimum atomic E-state index is -0.332. The summed E-state index contributed by atoms with van der Waals surface area (Å²) in [5.74, 6) is 0. The third-order valence-electron chi connectivity index (χ3n) is 2.48. The van der Waals surface area contributed by atoms with Crippen LogP contribution < -0.4 is 16.0 Å². The predicted molar refractivity (Wildman–Crippen MR) is 83.8 cm³/mol. The average molecular weight is 311 g/mol. The number of hydrogen-bond acceptors (Lipinski definition) is 4. The molecule has 1 heterocycles. The molecule has 0 bridgehead atoms. The highest BCUT2D eigenvalue weighted by atomic mass is 35.5. The van der Waals surface area contributed by atoms with E-state index in [1.54, 1.807) is 30.5 Å². The zero-order valence-corrected chi connectivity index (χ0v) is 12.5. The first kappa shape index (κ1) is 14.8. The summed E-state index contributed by atoms with van der Waals surface area (Å²) in [4.78, 5) is 17.1. The van der Waals surface area contributed by atoms with E-state index >= 15 is 0 Å². The summed E-state index contributed by atoms with van der Waals surface area (Å²) in [6.45, 7) is 0.885. The van der Waals surface area contributed by atoms with Crippen LogP contribution in [0.4, 0.5) is 15.6 Å². The quantitative estimate of drug-likeness (QED) is 0.794. The third-order valence-corrected chi connectivity index (χ3v) is 3.69. The van der Waals surface area contributed by atoms with Crippen molar-refractivity contribution in [1.82, 2.24) is 10.3 Å². The Morgan fingerprint density at radius 3 is 3.00 bits per heavy atom. The van der Waals surface area contributed by atoms with Gasteiger partial charge in [0.05, 0.1) is 0 Å². The zero-order valence-electron chi connectivity index (χ0n) is 10.9. The van der Waals surface area contributed by atoms with Crippen LogP contribution in [0.15, 0.2) is 30.5 Å². The van der Waals surface area contributed by atoms with Crippen LogP contribution in [0.25, 0.3) is 0 Å². The number of carbonyl (C=O) groups excluding carboxylic acids is 1. The Labute approximate surface area is 126 Å². The number of aromatic nitrogens is 1. The van der Waals surface area contributed by atoms with E-state index in [1.807, 2.05) is 7.05 Å². The van der Waals surface area contributed by atoms with Gasteiger partial charge in [0.25, 0.3) is 0 Å². The molecule has 0 atom stereocenters. The van der Waals surface area contributed by atoms with Crippen molar-refractivity contribution < 1.29 is 4.79 Å². The number of amides is 2. The van der Waals surface area contributed by atoms with E-state index in [-0.39, 0.29) is 6.03 Å².